The maximum atomic E-state index is 12.2. The number of rotatable bonds is 5. The molecule has 140 valence electrons. The lowest BCUT2D eigenvalue weighted by Gasteiger charge is -2.19. The summed E-state index contributed by atoms with van der Waals surface area (Å²) in [5.41, 5.74) is 3.39. The summed E-state index contributed by atoms with van der Waals surface area (Å²) in [6.45, 7) is 14.0. The normalized spacial score (nSPS) is 11.9. The van der Waals surface area contributed by atoms with E-state index in [1.807, 2.05) is 36.4 Å². The molecule has 1 N–H and O–H groups in total. The molecule has 26 heavy (non-hydrogen) atoms. The maximum absolute atomic E-state index is 12.2. The summed E-state index contributed by atoms with van der Waals surface area (Å²) >= 11 is 0. The van der Waals surface area contributed by atoms with Crippen molar-refractivity contribution in [2.45, 2.75) is 52.4 Å². The van der Waals surface area contributed by atoms with Crippen LogP contribution in [0.5, 0.6) is 5.75 Å². The van der Waals surface area contributed by atoms with Crippen molar-refractivity contribution in [1.82, 2.24) is 5.32 Å². The first-order valence-corrected chi connectivity index (χ1v) is 9.19. The van der Waals surface area contributed by atoms with Gasteiger partial charge in [-0.3, -0.25) is 4.79 Å². The van der Waals surface area contributed by atoms with Gasteiger partial charge in [0.05, 0.1) is 6.54 Å². The number of nitrogens with one attached hydrogen (secondary N) is 1. The van der Waals surface area contributed by atoms with E-state index in [2.05, 4.69) is 59.0 Å². The van der Waals surface area contributed by atoms with Crippen molar-refractivity contribution >= 4 is 5.91 Å². The van der Waals surface area contributed by atoms with Gasteiger partial charge in [0.1, 0.15) is 12.4 Å². The molecule has 3 heteroatoms. The van der Waals surface area contributed by atoms with Gasteiger partial charge >= 0.3 is 0 Å². The van der Waals surface area contributed by atoms with Crippen LogP contribution in [0.25, 0.3) is 0 Å². The molecule has 0 fully saturated rings. The molecule has 0 saturated heterocycles. The topological polar surface area (TPSA) is 38.3 Å². The van der Waals surface area contributed by atoms with Crippen LogP contribution < -0.4 is 10.1 Å². The molecule has 2 aromatic carbocycles. The van der Waals surface area contributed by atoms with Crippen molar-refractivity contribution in [1.29, 1.82) is 0 Å². The zero-order chi connectivity index (χ0) is 19.4. The highest BCUT2D eigenvalue weighted by molar-refractivity contribution is 5.94. The van der Waals surface area contributed by atoms with Gasteiger partial charge in [0, 0.05) is 5.56 Å². The van der Waals surface area contributed by atoms with Gasteiger partial charge < -0.3 is 10.1 Å². The molecule has 0 aliphatic carbocycles. The Labute approximate surface area is 157 Å². The number of benzene rings is 2. The van der Waals surface area contributed by atoms with E-state index in [-0.39, 0.29) is 16.7 Å². The summed E-state index contributed by atoms with van der Waals surface area (Å²) in [6.07, 6.45) is 0. The molecular formula is C23H31NO2. The molecule has 0 saturated carbocycles. The van der Waals surface area contributed by atoms with Crippen LogP contribution in [0.15, 0.2) is 48.5 Å². The maximum Gasteiger partial charge on any atom is 0.251 e. The second-order valence-corrected chi connectivity index (χ2v) is 8.71. The highest BCUT2D eigenvalue weighted by Gasteiger charge is 2.14. The van der Waals surface area contributed by atoms with Gasteiger partial charge in [-0.1, -0.05) is 65.8 Å². The van der Waals surface area contributed by atoms with E-state index in [0.717, 1.165) is 5.75 Å². The molecule has 0 spiro atoms. The number of hydrogen-bond acceptors (Lipinski definition) is 2. The molecule has 0 atom stereocenters. The van der Waals surface area contributed by atoms with Crippen LogP contribution in [0, 0.1) is 0 Å². The van der Waals surface area contributed by atoms with E-state index in [4.69, 9.17) is 4.74 Å². The third kappa shape index (κ3) is 5.62. The van der Waals surface area contributed by atoms with Gasteiger partial charge in [-0.15, -0.1) is 0 Å². The SMILES string of the molecule is CC(C)(C)c1ccc(OCCNC(=O)c2ccc(C(C)(C)C)cc2)cc1. The Bertz CT molecular complexity index is 717. The first-order chi connectivity index (χ1) is 12.1. The molecule has 1 amide bonds. The lowest BCUT2D eigenvalue weighted by Crippen LogP contribution is -2.28. The summed E-state index contributed by atoms with van der Waals surface area (Å²) in [4.78, 5) is 12.2. The van der Waals surface area contributed by atoms with Gasteiger partial charge in [0.25, 0.3) is 5.91 Å². The Morgan fingerprint density at radius 3 is 1.73 bits per heavy atom. The minimum absolute atomic E-state index is 0.0721. The molecule has 0 unspecified atom stereocenters. The van der Waals surface area contributed by atoms with Gasteiger partial charge in [-0.2, -0.15) is 0 Å². The predicted molar refractivity (Wildman–Crippen MR) is 108 cm³/mol. The third-order valence-corrected chi connectivity index (χ3v) is 4.39. The van der Waals surface area contributed by atoms with E-state index in [0.29, 0.717) is 18.7 Å². The fourth-order valence-corrected chi connectivity index (χ4v) is 2.61. The number of hydrogen-bond donors (Lipinski definition) is 1. The second kappa shape index (κ2) is 7.94. The zero-order valence-electron chi connectivity index (χ0n) is 16.8. The molecule has 0 heterocycles. The molecule has 0 aliphatic heterocycles. The summed E-state index contributed by atoms with van der Waals surface area (Å²) in [6, 6.07) is 15.9. The zero-order valence-corrected chi connectivity index (χ0v) is 16.8. The standard InChI is InChI=1S/C23H31NO2/c1-22(2,3)18-9-7-17(8-10-18)21(25)24-15-16-26-20-13-11-19(12-14-20)23(4,5)6/h7-14H,15-16H2,1-6H3,(H,24,25). The van der Waals surface area contributed by atoms with Gasteiger partial charge in [0.2, 0.25) is 0 Å². The fourth-order valence-electron chi connectivity index (χ4n) is 2.61. The minimum Gasteiger partial charge on any atom is -0.492 e. The monoisotopic (exact) mass is 353 g/mol. The van der Waals surface area contributed by atoms with E-state index >= 15 is 0 Å². The van der Waals surface area contributed by atoms with Crippen molar-refractivity contribution in [2.75, 3.05) is 13.2 Å². The molecule has 3 nitrogen and oxygen atoms in total. The highest BCUT2D eigenvalue weighted by atomic mass is 16.5. The Kier molecular flexibility index (Phi) is 6.12. The Hall–Kier alpha value is -2.29. The third-order valence-electron chi connectivity index (χ3n) is 4.39. The van der Waals surface area contributed by atoms with E-state index < -0.39 is 0 Å². The molecular weight excluding hydrogens is 322 g/mol. The van der Waals surface area contributed by atoms with Crippen molar-refractivity contribution in [3.63, 3.8) is 0 Å². The van der Waals surface area contributed by atoms with E-state index in [1.54, 1.807) is 0 Å². The van der Waals surface area contributed by atoms with Crippen molar-refractivity contribution in [3.05, 3.63) is 65.2 Å². The average Bonchev–Trinajstić information content (AvgIpc) is 2.57. The summed E-state index contributed by atoms with van der Waals surface area (Å²) in [5, 5.41) is 2.90. The van der Waals surface area contributed by atoms with Crippen LogP contribution in [-0.4, -0.2) is 19.1 Å². The van der Waals surface area contributed by atoms with Crippen LogP contribution in [-0.2, 0) is 10.8 Å². The Morgan fingerprint density at radius 2 is 1.27 bits per heavy atom. The number of ether oxygens (including phenoxy) is 1. The van der Waals surface area contributed by atoms with Crippen LogP contribution in [0.4, 0.5) is 0 Å². The largest absolute Gasteiger partial charge is 0.492 e. The van der Waals surface area contributed by atoms with Crippen molar-refractivity contribution in [2.24, 2.45) is 0 Å². The van der Waals surface area contributed by atoms with Crippen LogP contribution in [0.3, 0.4) is 0 Å². The van der Waals surface area contributed by atoms with Gasteiger partial charge in [-0.25, -0.2) is 0 Å². The summed E-state index contributed by atoms with van der Waals surface area (Å²) in [5.74, 6) is 0.749. The second-order valence-electron chi connectivity index (χ2n) is 8.71. The van der Waals surface area contributed by atoms with Crippen molar-refractivity contribution < 1.29 is 9.53 Å². The molecule has 2 rings (SSSR count). The van der Waals surface area contributed by atoms with E-state index in [1.165, 1.54) is 11.1 Å². The summed E-state index contributed by atoms with van der Waals surface area (Å²) in [7, 11) is 0. The van der Waals surface area contributed by atoms with Crippen LogP contribution in [0.1, 0.15) is 63.0 Å². The van der Waals surface area contributed by atoms with E-state index in [9.17, 15) is 4.79 Å². The predicted octanol–water partition coefficient (Wildman–Crippen LogP) is 5.09. The van der Waals surface area contributed by atoms with Crippen LogP contribution in [0.2, 0.25) is 0 Å². The summed E-state index contributed by atoms with van der Waals surface area (Å²) < 4.78 is 5.71. The minimum atomic E-state index is -0.0721. The molecule has 0 aromatic heterocycles. The Morgan fingerprint density at radius 1 is 0.808 bits per heavy atom. The van der Waals surface area contributed by atoms with Gasteiger partial charge in [0.15, 0.2) is 0 Å². The van der Waals surface area contributed by atoms with Crippen molar-refractivity contribution in [3.8, 4) is 5.75 Å². The highest BCUT2D eigenvalue weighted by Crippen LogP contribution is 2.24. The first kappa shape index (κ1) is 20.0. The lowest BCUT2D eigenvalue weighted by atomic mass is 9.87. The fraction of sp³-hybridized carbons (Fsp3) is 0.435. The number of carbonyl (C=O) groups is 1. The number of carbonyl (C=O) groups excluding carboxylic acids is 1. The number of amides is 1. The van der Waals surface area contributed by atoms with Crippen LogP contribution >= 0.6 is 0 Å². The molecule has 0 bridgehead atoms. The van der Waals surface area contributed by atoms with Gasteiger partial charge in [-0.05, 0) is 46.2 Å². The Balaban J connectivity index is 1.80. The average molecular weight is 354 g/mol. The molecule has 0 aliphatic rings. The lowest BCUT2D eigenvalue weighted by molar-refractivity contribution is 0.0947. The quantitative estimate of drug-likeness (QED) is 0.760. The smallest absolute Gasteiger partial charge is 0.251 e. The molecule has 0 radical (unpaired) electrons. The molecule has 2 aromatic rings. The first-order valence-electron chi connectivity index (χ1n) is 9.19.